The molecule has 2 heterocycles. The first kappa shape index (κ1) is 25.0. The van der Waals surface area contributed by atoms with Crippen LogP contribution in [0.1, 0.15) is 51.7 Å². The van der Waals surface area contributed by atoms with Crippen LogP contribution in [0.3, 0.4) is 0 Å². The second-order valence-corrected chi connectivity index (χ2v) is 10.1. The molecule has 8 N–H and O–H groups in total. The zero-order chi connectivity index (χ0) is 26.1. The van der Waals surface area contributed by atoms with E-state index in [0.717, 1.165) is 37.1 Å². The van der Waals surface area contributed by atoms with Gasteiger partial charge in [-0.25, -0.2) is 9.98 Å². The van der Waals surface area contributed by atoms with E-state index in [-0.39, 0.29) is 11.9 Å². The number of hydrogen-bond acceptors (Lipinski definition) is 10. The molecule has 0 radical (unpaired) electrons. The van der Waals surface area contributed by atoms with Crippen LogP contribution in [0.4, 0.5) is 11.4 Å². The van der Waals surface area contributed by atoms with Gasteiger partial charge in [-0.05, 0) is 88.8 Å². The van der Waals surface area contributed by atoms with Crippen LogP contribution in [0.25, 0.3) is 0 Å². The molecule has 2 aliphatic heterocycles. The third-order valence-electron chi connectivity index (χ3n) is 6.36. The summed E-state index contributed by atoms with van der Waals surface area (Å²) in [5.74, 6) is 1.10. The Morgan fingerprint density at radius 3 is 1.22 bits per heavy atom. The molecule has 0 saturated heterocycles. The Hall–Kier alpha value is -4.08. The Balaban J connectivity index is 1.30. The van der Waals surface area contributed by atoms with Gasteiger partial charge < -0.3 is 22.9 Å². The maximum absolute atomic E-state index is 6.14. The first-order valence-electron chi connectivity index (χ1n) is 12.1. The minimum atomic E-state index is -0.587. The molecule has 2 aromatic carbocycles. The van der Waals surface area contributed by atoms with E-state index in [4.69, 9.17) is 22.9 Å². The summed E-state index contributed by atoms with van der Waals surface area (Å²) in [5.41, 5.74) is 27.1. The molecule has 10 nitrogen and oxygen atoms in total. The number of rotatable bonds is 7. The predicted octanol–water partition coefficient (Wildman–Crippen LogP) is 2.62. The molecule has 0 saturated carbocycles. The number of nitrogens with zero attached hydrogens (tertiary/aromatic N) is 6. The van der Waals surface area contributed by atoms with Crippen molar-refractivity contribution in [1.29, 1.82) is 0 Å². The fraction of sp³-hybridized carbons (Fsp3) is 0.385. The molecule has 2 aliphatic rings. The number of aliphatic imine (C=N–C) groups is 4. The zero-order valence-electron chi connectivity index (χ0n) is 21.4. The molecule has 0 aromatic heterocycles. The van der Waals surface area contributed by atoms with Crippen LogP contribution in [0.2, 0.25) is 0 Å². The van der Waals surface area contributed by atoms with Crippen LogP contribution < -0.4 is 32.7 Å². The van der Waals surface area contributed by atoms with Crippen molar-refractivity contribution in [2.75, 3.05) is 9.80 Å². The van der Waals surface area contributed by atoms with Gasteiger partial charge in [0.15, 0.2) is 0 Å². The van der Waals surface area contributed by atoms with E-state index < -0.39 is 11.3 Å². The van der Waals surface area contributed by atoms with Gasteiger partial charge in [-0.2, -0.15) is 9.98 Å². The standard InChI is InChI=1S/C26H36N10/c1-25(2)33-21(27)31-23(29)35(25)19-13-9-17(10-14-19)7-5-6-8-18-11-15-20(16-12-18)36-24(30)32-22(28)34-26(36,3)4/h9-16H,5-8H2,1-4H3,(H4,27,29,31,33)(H4,28,30,32,34). The van der Waals surface area contributed by atoms with Gasteiger partial charge in [-0.15, -0.1) is 0 Å². The summed E-state index contributed by atoms with van der Waals surface area (Å²) < 4.78 is 0. The van der Waals surface area contributed by atoms with Gasteiger partial charge in [0, 0.05) is 11.4 Å². The summed E-state index contributed by atoms with van der Waals surface area (Å²) in [7, 11) is 0. The molecule has 0 bridgehead atoms. The molecular weight excluding hydrogens is 452 g/mol. The van der Waals surface area contributed by atoms with Gasteiger partial charge in [0.25, 0.3) is 0 Å². The summed E-state index contributed by atoms with van der Waals surface area (Å²) in [6.07, 6.45) is 4.19. The van der Waals surface area contributed by atoms with Gasteiger partial charge in [0.1, 0.15) is 11.3 Å². The maximum atomic E-state index is 6.14. The lowest BCUT2D eigenvalue weighted by Gasteiger charge is -2.38. The third-order valence-corrected chi connectivity index (χ3v) is 6.36. The minimum absolute atomic E-state index is 0.202. The smallest absolute Gasteiger partial charge is 0.220 e. The van der Waals surface area contributed by atoms with Crippen LogP contribution in [0.5, 0.6) is 0 Å². The highest BCUT2D eigenvalue weighted by atomic mass is 15.4. The topological polar surface area (TPSA) is 160 Å². The lowest BCUT2D eigenvalue weighted by Crippen LogP contribution is -2.54. The molecule has 0 unspecified atom stereocenters. The molecule has 0 spiro atoms. The van der Waals surface area contributed by atoms with E-state index in [1.165, 1.54) is 11.1 Å². The van der Waals surface area contributed by atoms with E-state index in [2.05, 4.69) is 68.5 Å². The number of aryl methyl sites for hydroxylation is 2. The molecule has 36 heavy (non-hydrogen) atoms. The molecular formula is C26H36N10. The number of unbranched alkanes of at least 4 members (excludes halogenated alkanes) is 1. The fourth-order valence-electron chi connectivity index (χ4n) is 4.78. The van der Waals surface area contributed by atoms with Crippen molar-refractivity contribution < 1.29 is 0 Å². The van der Waals surface area contributed by atoms with Gasteiger partial charge in [-0.1, -0.05) is 24.3 Å². The van der Waals surface area contributed by atoms with Crippen molar-refractivity contribution in [3.63, 3.8) is 0 Å². The highest BCUT2D eigenvalue weighted by molar-refractivity contribution is 6.06. The van der Waals surface area contributed by atoms with E-state index >= 15 is 0 Å². The molecule has 0 aliphatic carbocycles. The Morgan fingerprint density at radius 1 is 0.583 bits per heavy atom. The van der Waals surface area contributed by atoms with Crippen LogP contribution in [-0.4, -0.2) is 35.2 Å². The normalized spacial score (nSPS) is 18.8. The van der Waals surface area contributed by atoms with Crippen molar-refractivity contribution in [1.82, 2.24) is 0 Å². The van der Waals surface area contributed by atoms with Gasteiger partial charge >= 0.3 is 0 Å². The van der Waals surface area contributed by atoms with E-state index in [1.54, 1.807) is 0 Å². The predicted molar refractivity (Wildman–Crippen MR) is 149 cm³/mol. The van der Waals surface area contributed by atoms with Crippen molar-refractivity contribution >= 4 is 35.2 Å². The minimum Gasteiger partial charge on any atom is -0.369 e. The number of guanidine groups is 4. The molecule has 4 rings (SSSR count). The second kappa shape index (κ2) is 9.52. The first-order valence-corrected chi connectivity index (χ1v) is 12.1. The summed E-state index contributed by atoms with van der Waals surface area (Å²) in [6, 6.07) is 16.8. The lowest BCUT2D eigenvalue weighted by atomic mass is 10.0. The van der Waals surface area contributed by atoms with Crippen LogP contribution in [0.15, 0.2) is 68.5 Å². The van der Waals surface area contributed by atoms with E-state index in [1.807, 2.05) is 37.5 Å². The highest BCUT2D eigenvalue weighted by Crippen LogP contribution is 2.29. The van der Waals surface area contributed by atoms with Crippen molar-refractivity contribution in [2.24, 2.45) is 42.9 Å². The number of nitrogens with two attached hydrogens (primary N) is 4. The summed E-state index contributed by atoms with van der Waals surface area (Å²) in [5, 5.41) is 0. The van der Waals surface area contributed by atoms with E-state index in [0.29, 0.717) is 11.9 Å². The molecule has 190 valence electrons. The summed E-state index contributed by atoms with van der Waals surface area (Å²) in [6.45, 7) is 7.84. The molecule has 0 amide bonds. The Kier molecular flexibility index (Phi) is 6.62. The third kappa shape index (κ3) is 5.27. The SMILES string of the molecule is CC1(C)N=C(N)N=C(N)N1c1ccc(CCCCc2ccc(N3C(N)=NC(N)=NC3(C)C)cc2)cc1. The van der Waals surface area contributed by atoms with Crippen molar-refractivity contribution in [3.05, 3.63) is 59.7 Å². The quantitative estimate of drug-likeness (QED) is 0.438. The second-order valence-electron chi connectivity index (χ2n) is 10.1. The molecule has 0 atom stereocenters. The number of hydrogen-bond donors (Lipinski definition) is 4. The van der Waals surface area contributed by atoms with Gasteiger partial charge in [0.05, 0.1) is 0 Å². The maximum Gasteiger partial charge on any atom is 0.220 e. The molecule has 2 aromatic rings. The van der Waals surface area contributed by atoms with Crippen LogP contribution in [-0.2, 0) is 12.8 Å². The van der Waals surface area contributed by atoms with Gasteiger partial charge in [-0.3, -0.25) is 9.80 Å². The van der Waals surface area contributed by atoms with Crippen molar-refractivity contribution in [3.8, 4) is 0 Å². The average molecular weight is 489 g/mol. The monoisotopic (exact) mass is 488 g/mol. The van der Waals surface area contributed by atoms with E-state index in [9.17, 15) is 0 Å². The largest absolute Gasteiger partial charge is 0.369 e. The number of anilines is 2. The zero-order valence-corrected chi connectivity index (χ0v) is 21.4. The lowest BCUT2D eigenvalue weighted by molar-refractivity contribution is 0.533. The van der Waals surface area contributed by atoms with Crippen molar-refractivity contribution in [2.45, 2.75) is 64.7 Å². The number of benzene rings is 2. The molecule has 10 heteroatoms. The van der Waals surface area contributed by atoms with Crippen LogP contribution in [0, 0.1) is 0 Å². The first-order chi connectivity index (χ1) is 17.0. The fourth-order valence-corrected chi connectivity index (χ4v) is 4.78. The Labute approximate surface area is 212 Å². The highest BCUT2D eigenvalue weighted by Gasteiger charge is 2.33. The average Bonchev–Trinajstić information content (AvgIpc) is 2.76. The Morgan fingerprint density at radius 2 is 0.917 bits per heavy atom. The summed E-state index contributed by atoms with van der Waals surface area (Å²) in [4.78, 5) is 20.8. The van der Waals surface area contributed by atoms with Crippen LogP contribution >= 0.6 is 0 Å². The Bertz CT molecular complexity index is 1120. The molecule has 0 fully saturated rings. The summed E-state index contributed by atoms with van der Waals surface area (Å²) >= 11 is 0. The van der Waals surface area contributed by atoms with Gasteiger partial charge in [0.2, 0.25) is 23.8 Å².